The van der Waals surface area contributed by atoms with Crippen molar-refractivity contribution in [2.45, 2.75) is 78.1 Å². The van der Waals surface area contributed by atoms with Crippen LogP contribution in [-0.4, -0.2) is 0 Å². The zero-order valence-electron chi connectivity index (χ0n) is 15.7. The molecule has 0 aliphatic carbocycles. The summed E-state index contributed by atoms with van der Waals surface area (Å²) in [5, 5.41) is 0. The SMILES string of the molecule is CCCCCCCCc1ccccc1-c1ccccc1CCCC. The third kappa shape index (κ3) is 5.82. The molecule has 0 radical (unpaired) electrons. The molecule has 0 unspecified atom stereocenters. The standard InChI is InChI=1S/C24H34/c1-3-5-7-8-9-10-16-22-18-12-14-20-24(22)23-19-13-11-17-21(23)15-6-4-2/h11-14,17-20H,3-10,15-16H2,1-2H3. The minimum Gasteiger partial charge on any atom is -0.0654 e. The summed E-state index contributed by atoms with van der Waals surface area (Å²) < 4.78 is 0. The highest BCUT2D eigenvalue weighted by molar-refractivity contribution is 5.70. The number of unbranched alkanes of at least 4 members (excludes halogenated alkanes) is 6. The van der Waals surface area contributed by atoms with Crippen molar-refractivity contribution in [3.8, 4) is 11.1 Å². The molecule has 130 valence electrons. The first-order chi connectivity index (χ1) is 11.9. The first-order valence-electron chi connectivity index (χ1n) is 10.0. The van der Waals surface area contributed by atoms with Gasteiger partial charge >= 0.3 is 0 Å². The van der Waals surface area contributed by atoms with Gasteiger partial charge in [-0.2, -0.15) is 0 Å². The molecule has 0 heteroatoms. The summed E-state index contributed by atoms with van der Waals surface area (Å²) in [6.45, 7) is 4.56. The summed E-state index contributed by atoms with van der Waals surface area (Å²) in [6, 6.07) is 18.0. The van der Waals surface area contributed by atoms with Gasteiger partial charge in [0.2, 0.25) is 0 Å². The van der Waals surface area contributed by atoms with Crippen LogP contribution in [0, 0.1) is 0 Å². The maximum atomic E-state index is 2.33. The normalized spacial score (nSPS) is 10.9. The minimum atomic E-state index is 1.19. The van der Waals surface area contributed by atoms with Crippen molar-refractivity contribution in [2.24, 2.45) is 0 Å². The predicted octanol–water partition coefficient (Wildman–Crippen LogP) is 7.60. The molecule has 0 fully saturated rings. The second-order valence-corrected chi connectivity index (χ2v) is 6.94. The molecule has 0 saturated heterocycles. The molecule has 0 bridgehead atoms. The van der Waals surface area contributed by atoms with Gasteiger partial charge in [-0.15, -0.1) is 0 Å². The second kappa shape index (κ2) is 11.1. The van der Waals surface area contributed by atoms with Crippen LogP contribution in [0.5, 0.6) is 0 Å². The van der Waals surface area contributed by atoms with Gasteiger partial charge in [-0.3, -0.25) is 0 Å². The van der Waals surface area contributed by atoms with Gasteiger partial charge < -0.3 is 0 Å². The Balaban J connectivity index is 2.06. The van der Waals surface area contributed by atoms with Crippen LogP contribution in [0.2, 0.25) is 0 Å². The van der Waals surface area contributed by atoms with E-state index >= 15 is 0 Å². The minimum absolute atomic E-state index is 1.19. The van der Waals surface area contributed by atoms with Crippen LogP contribution in [0.25, 0.3) is 11.1 Å². The molecule has 0 heterocycles. The first-order valence-corrected chi connectivity index (χ1v) is 10.0. The summed E-state index contributed by atoms with van der Waals surface area (Å²) >= 11 is 0. The molecular formula is C24H34. The summed E-state index contributed by atoms with van der Waals surface area (Å²) in [6.07, 6.45) is 13.1. The molecule has 2 aromatic carbocycles. The van der Waals surface area contributed by atoms with Crippen LogP contribution in [0.3, 0.4) is 0 Å². The lowest BCUT2D eigenvalue weighted by Gasteiger charge is -2.14. The van der Waals surface area contributed by atoms with E-state index in [1.54, 1.807) is 0 Å². The van der Waals surface area contributed by atoms with E-state index in [4.69, 9.17) is 0 Å². The smallest absolute Gasteiger partial charge is 0.0149 e. The molecule has 0 aliphatic heterocycles. The lowest BCUT2D eigenvalue weighted by atomic mass is 9.91. The van der Waals surface area contributed by atoms with Crippen LogP contribution in [0.4, 0.5) is 0 Å². The van der Waals surface area contributed by atoms with Gasteiger partial charge in [0.25, 0.3) is 0 Å². The third-order valence-electron chi connectivity index (χ3n) is 4.92. The van der Waals surface area contributed by atoms with Crippen LogP contribution in [0.1, 0.15) is 76.3 Å². The highest BCUT2D eigenvalue weighted by atomic mass is 14.1. The molecule has 0 aliphatic rings. The molecule has 24 heavy (non-hydrogen) atoms. The Hall–Kier alpha value is -1.56. The fourth-order valence-corrected chi connectivity index (χ4v) is 3.47. The van der Waals surface area contributed by atoms with Crippen molar-refractivity contribution in [3.05, 3.63) is 59.7 Å². The van der Waals surface area contributed by atoms with E-state index < -0.39 is 0 Å². The van der Waals surface area contributed by atoms with Gasteiger partial charge in [0.15, 0.2) is 0 Å². The second-order valence-electron chi connectivity index (χ2n) is 6.94. The van der Waals surface area contributed by atoms with Gasteiger partial charge in [0.05, 0.1) is 0 Å². The Morgan fingerprint density at radius 2 is 0.958 bits per heavy atom. The lowest BCUT2D eigenvalue weighted by molar-refractivity contribution is 0.608. The Morgan fingerprint density at radius 3 is 1.54 bits per heavy atom. The molecule has 2 rings (SSSR count). The monoisotopic (exact) mass is 322 g/mol. The molecule has 0 nitrogen and oxygen atoms in total. The fraction of sp³-hybridized carbons (Fsp3) is 0.500. The number of hydrogen-bond acceptors (Lipinski definition) is 0. The molecule has 0 amide bonds. The highest BCUT2D eigenvalue weighted by Crippen LogP contribution is 2.29. The highest BCUT2D eigenvalue weighted by Gasteiger charge is 2.08. The van der Waals surface area contributed by atoms with E-state index in [-0.39, 0.29) is 0 Å². The molecule has 0 saturated carbocycles. The van der Waals surface area contributed by atoms with Crippen molar-refractivity contribution in [2.75, 3.05) is 0 Å². The van der Waals surface area contributed by atoms with Crippen LogP contribution in [0.15, 0.2) is 48.5 Å². The van der Waals surface area contributed by atoms with Gasteiger partial charge in [-0.25, -0.2) is 0 Å². The van der Waals surface area contributed by atoms with Crippen molar-refractivity contribution in [1.82, 2.24) is 0 Å². The van der Waals surface area contributed by atoms with Crippen molar-refractivity contribution in [3.63, 3.8) is 0 Å². The predicted molar refractivity (Wildman–Crippen MR) is 108 cm³/mol. The van der Waals surface area contributed by atoms with E-state index in [9.17, 15) is 0 Å². The summed E-state index contributed by atoms with van der Waals surface area (Å²) in [5.74, 6) is 0. The van der Waals surface area contributed by atoms with Crippen molar-refractivity contribution < 1.29 is 0 Å². The number of benzene rings is 2. The van der Waals surface area contributed by atoms with E-state index in [2.05, 4.69) is 62.4 Å². The maximum Gasteiger partial charge on any atom is -0.0149 e. The quantitative estimate of drug-likeness (QED) is 0.374. The average molecular weight is 323 g/mol. The van der Waals surface area contributed by atoms with E-state index in [1.807, 2.05) is 0 Å². The summed E-state index contributed by atoms with van der Waals surface area (Å²) in [5.41, 5.74) is 5.94. The zero-order chi connectivity index (χ0) is 17.0. The largest absolute Gasteiger partial charge is 0.0654 e. The molecule has 0 aromatic heterocycles. The van der Waals surface area contributed by atoms with Gasteiger partial charge in [-0.1, -0.05) is 101 Å². The van der Waals surface area contributed by atoms with E-state index in [0.29, 0.717) is 0 Å². The topological polar surface area (TPSA) is 0 Å². The summed E-state index contributed by atoms with van der Waals surface area (Å²) in [4.78, 5) is 0. The van der Waals surface area contributed by atoms with Gasteiger partial charge in [0.1, 0.15) is 0 Å². The van der Waals surface area contributed by atoms with Crippen LogP contribution >= 0.6 is 0 Å². The third-order valence-corrected chi connectivity index (χ3v) is 4.92. The molecular weight excluding hydrogens is 288 g/mol. The van der Waals surface area contributed by atoms with E-state index in [0.717, 1.165) is 0 Å². The fourth-order valence-electron chi connectivity index (χ4n) is 3.47. The Kier molecular flexibility index (Phi) is 8.66. The van der Waals surface area contributed by atoms with Crippen molar-refractivity contribution in [1.29, 1.82) is 0 Å². The Morgan fingerprint density at radius 1 is 0.500 bits per heavy atom. The summed E-state index contributed by atoms with van der Waals surface area (Å²) in [7, 11) is 0. The first kappa shape index (κ1) is 18.8. The molecule has 0 spiro atoms. The van der Waals surface area contributed by atoms with Crippen LogP contribution < -0.4 is 0 Å². The molecule has 2 aromatic rings. The molecule has 0 atom stereocenters. The van der Waals surface area contributed by atoms with Gasteiger partial charge in [-0.05, 0) is 47.9 Å². The maximum absolute atomic E-state index is 2.33. The zero-order valence-corrected chi connectivity index (χ0v) is 15.7. The van der Waals surface area contributed by atoms with Crippen LogP contribution in [-0.2, 0) is 12.8 Å². The average Bonchev–Trinajstić information content (AvgIpc) is 2.63. The lowest BCUT2D eigenvalue weighted by Crippen LogP contribution is -1.95. The van der Waals surface area contributed by atoms with Crippen molar-refractivity contribution >= 4 is 0 Å². The van der Waals surface area contributed by atoms with E-state index in [1.165, 1.54) is 86.5 Å². The molecule has 0 N–H and O–H groups in total. The Labute approximate surface area is 149 Å². The number of rotatable bonds is 11. The Bertz CT molecular complexity index is 582. The number of aryl methyl sites for hydroxylation is 2. The number of hydrogen-bond donors (Lipinski definition) is 0. The van der Waals surface area contributed by atoms with Gasteiger partial charge in [0, 0.05) is 0 Å².